The van der Waals surface area contributed by atoms with Crippen molar-refractivity contribution in [1.82, 2.24) is 25.5 Å². The van der Waals surface area contributed by atoms with Crippen molar-refractivity contribution < 1.29 is 9.90 Å². The molecule has 0 unspecified atom stereocenters. The van der Waals surface area contributed by atoms with E-state index in [2.05, 4.69) is 20.8 Å². The topological polar surface area (TPSA) is 92.9 Å². The van der Waals surface area contributed by atoms with E-state index in [4.69, 9.17) is 5.11 Å². The minimum atomic E-state index is -0.246. The zero-order valence-electron chi connectivity index (χ0n) is 7.21. The van der Waals surface area contributed by atoms with Gasteiger partial charge in [0.1, 0.15) is 12.9 Å². The Kier molecular flexibility index (Phi) is 3.32. The van der Waals surface area contributed by atoms with Gasteiger partial charge in [0.25, 0.3) is 0 Å². The summed E-state index contributed by atoms with van der Waals surface area (Å²) in [6.07, 6.45) is 1.35. The summed E-state index contributed by atoms with van der Waals surface area (Å²) in [7, 11) is 0. The van der Waals surface area contributed by atoms with Crippen molar-refractivity contribution >= 4 is 5.91 Å². The fourth-order valence-corrected chi connectivity index (χ4v) is 0.766. The fourth-order valence-electron chi connectivity index (χ4n) is 0.766. The van der Waals surface area contributed by atoms with Gasteiger partial charge in [0.2, 0.25) is 5.91 Å². The molecule has 1 aromatic heterocycles. The summed E-state index contributed by atoms with van der Waals surface area (Å²) in [5.41, 5.74) is 0. The Morgan fingerprint density at radius 2 is 2.54 bits per heavy atom. The molecule has 0 saturated heterocycles. The van der Waals surface area contributed by atoms with E-state index < -0.39 is 0 Å². The third-order valence-electron chi connectivity index (χ3n) is 1.38. The highest BCUT2D eigenvalue weighted by atomic mass is 16.3. The number of hydrogen-bond acceptors (Lipinski definition) is 5. The quantitative estimate of drug-likeness (QED) is 0.575. The predicted molar refractivity (Wildman–Crippen MR) is 42.5 cm³/mol. The number of rotatable bonds is 4. The molecule has 1 atom stereocenters. The summed E-state index contributed by atoms with van der Waals surface area (Å²) in [4.78, 5) is 11.1. The third kappa shape index (κ3) is 3.16. The zero-order chi connectivity index (χ0) is 9.68. The van der Waals surface area contributed by atoms with Gasteiger partial charge in [-0.05, 0) is 17.4 Å². The molecule has 0 aliphatic heterocycles. The average Bonchev–Trinajstić information content (AvgIpc) is 2.56. The Morgan fingerprint density at radius 3 is 3.08 bits per heavy atom. The number of nitrogens with zero attached hydrogens (tertiary/aromatic N) is 4. The summed E-state index contributed by atoms with van der Waals surface area (Å²) >= 11 is 0. The van der Waals surface area contributed by atoms with Crippen LogP contribution in [0.3, 0.4) is 0 Å². The molecular weight excluding hydrogens is 174 g/mol. The van der Waals surface area contributed by atoms with Gasteiger partial charge in [0.05, 0.1) is 6.61 Å². The molecule has 0 aliphatic rings. The first-order valence-electron chi connectivity index (χ1n) is 3.83. The van der Waals surface area contributed by atoms with Crippen LogP contribution in [-0.2, 0) is 11.3 Å². The van der Waals surface area contributed by atoms with E-state index in [0.29, 0.717) is 0 Å². The summed E-state index contributed by atoms with van der Waals surface area (Å²) in [6.45, 7) is 1.69. The summed E-state index contributed by atoms with van der Waals surface area (Å²) < 4.78 is 1.30. The molecule has 13 heavy (non-hydrogen) atoms. The van der Waals surface area contributed by atoms with Gasteiger partial charge in [-0.25, -0.2) is 4.68 Å². The molecule has 1 heterocycles. The second kappa shape index (κ2) is 4.51. The van der Waals surface area contributed by atoms with Crippen LogP contribution in [0.15, 0.2) is 6.33 Å². The van der Waals surface area contributed by atoms with E-state index in [1.807, 2.05) is 0 Å². The summed E-state index contributed by atoms with van der Waals surface area (Å²) in [5.74, 6) is -0.228. The lowest BCUT2D eigenvalue weighted by atomic mass is 10.3. The number of tetrazole rings is 1. The highest BCUT2D eigenvalue weighted by Crippen LogP contribution is 1.82. The maximum absolute atomic E-state index is 11.1. The number of nitrogens with one attached hydrogen (secondary N) is 1. The summed E-state index contributed by atoms with van der Waals surface area (Å²) in [5, 5.41) is 21.5. The summed E-state index contributed by atoms with van der Waals surface area (Å²) in [6, 6.07) is -0.246. The molecule has 0 radical (unpaired) electrons. The van der Waals surface area contributed by atoms with E-state index in [-0.39, 0.29) is 25.1 Å². The molecule has 0 aromatic carbocycles. The first-order chi connectivity index (χ1) is 6.22. The number of aromatic nitrogens is 4. The molecule has 0 saturated carbocycles. The molecule has 0 spiro atoms. The predicted octanol–water partition coefficient (Wildman–Crippen LogP) is -1.83. The number of aliphatic hydroxyl groups is 1. The Balaban J connectivity index is 2.34. The molecule has 0 aliphatic carbocycles. The molecule has 1 amide bonds. The number of amides is 1. The average molecular weight is 185 g/mol. The van der Waals surface area contributed by atoms with Gasteiger partial charge in [-0.15, -0.1) is 5.10 Å². The first kappa shape index (κ1) is 9.59. The van der Waals surface area contributed by atoms with E-state index in [1.165, 1.54) is 11.0 Å². The van der Waals surface area contributed by atoms with Crippen molar-refractivity contribution in [3.63, 3.8) is 0 Å². The molecule has 2 N–H and O–H groups in total. The van der Waals surface area contributed by atoms with Crippen LogP contribution in [0, 0.1) is 0 Å². The monoisotopic (exact) mass is 185 g/mol. The van der Waals surface area contributed by atoms with Crippen molar-refractivity contribution in [2.45, 2.75) is 19.5 Å². The first-order valence-corrected chi connectivity index (χ1v) is 3.83. The molecular formula is C6H11N5O2. The van der Waals surface area contributed by atoms with Gasteiger partial charge in [-0.2, -0.15) is 0 Å². The van der Waals surface area contributed by atoms with Crippen LogP contribution in [0.4, 0.5) is 0 Å². The molecule has 7 heteroatoms. The molecule has 0 fully saturated rings. The minimum Gasteiger partial charge on any atom is -0.394 e. The zero-order valence-corrected chi connectivity index (χ0v) is 7.21. The lowest BCUT2D eigenvalue weighted by Crippen LogP contribution is -2.37. The Morgan fingerprint density at radius 1 is 1.77 bits per heavy atom. The second-order valence-electron chi connectivity index (χ2n) is 2.66. The largest absolute Gasteiger partial charge is 0.394 e. The highest BCUT2D eigenvalue weighted by molar-refractivity contribution is 5.75. The molecule has 7 nitrogen and oxygen atoms in total. The number of hydrogen-bond donors (Lipinski definition) is 2. The smallest absolute Gasteiger partial charge is 0.242 e. The molecule has 1 rings (SSSR count). The van der Waals surface area contributed by atoms with Crippen molar-refractivity contribution in [3.8, 4) is 0 Å². The van der Waals surface area contributed by atoms with Gasteiger partial charge in [0, 0.05) is 6.04 Å². The van der Waals surface area contributed by atoms with Crippen LogP contribution >= 0.6 is 0 Å². The van der Waals surface area contributed by atoms with Crippen LogP contribution in [-0.4, -0.2) is 43.9 Å². The van der Waals surface area contributed by atoms with Crippen molar-refractivity contribution in [3.05, 3.63) is 6.33 Å². The highest BCUT2D eigenvalue weighted by Gasteiger charge is 2.06. The van der Waals surface area contributed by atoms with Crippen LogP contribution in [0.1, 0.15) is 6.92 Å². The maximum atomic E-state index is 11.1. The normalized spacial score (nSPS) is 12.5. The Bertz CT molecular complexity index is 260. The molecule has 0 bridgehead atoms. The number of carbonyl (C=O) groups is 1. The van der Waals surface area contributed by atoms with Gasteiger partial charge in [-0.3, -0.25) is 4.79 Å². The lowest BCUT2D eigenvalue weighted by Gasteiger charge is -2.09. The van der Waals surface area contributed by atoms with Crippen molar-refractivity contribution in [1.29, 1.82) is 0 Å². The van der Waals surface area contributed by atoms with Gasteiger partial charge >= 0.3 is 0 Å². The number of carbonyl (C=O) groups excluding carboxylic acids is 1. The second-order valence-corrected chi connectivity index (χ2v) is 2.66. The third-order valence-corrected chi connectivity index (χ3v) is 1.38. The van der Waals surface area contributed by atoms with E-state index in [0.717, 1.165) is 0 Å². The van der Waals surface area contributed by atoms with Gasteiger partial charge < -0.3 is 10.4 Å². The minimum absolute atomic E-state index is 0.0668. The Hall–Kier alpha value is -1.50. The van der Waals surface area contributed by atoms with Gasteiger partial charge in [0.15, 0.2) is 0 Å². The van der Waals surface area contributed by atoms with Gasteiger partial charge in [-0.1, -0.05) is 0 Å². The van der Waals surface area contributed by atoms with Crippen LogP contribution in [0.5, 0.6) is 0 Å². The van der Waals surface area contributed by atoms with Crippen LogP contribution < -0.4 is 5.32 Å². The van der Waals surface area contributed by atoms with Crippen LogP contribution in [0.2, 0.25) is 0 Å². The maximum Gasteiger partial charge on any atom is 0.242 e. The SMILES string of the molecule is C[C@H](CO)NC(=O)Cn1cnnn1. The fraction of sp³-hybridized carbons (Fsp3) is 0.667. The van der Waals surface area contributed by atoms with E-state index in [9.17, 15) is 4.79 Å². The number of aliphatic hydroxyl groups excluding tert-OH is 1. The van der Waals surface area contributed by atoms with E-state index in [1.54, 1.807) is 6.92 Å². The standard InChI is InChI=1S/C6H11N5O2/c1-5(3-12)8-6(13)2-11-4-7-9-10-11/h4-5,12H,2-3H2,1H3,(H,8,13)/t5-/m1/s1. The lowest BCUT2D eigenvalue weighted by molar-refractivity contribution is -0.122. The van der Waals surface area contributed by atoms with E-state index >= 15 is 0 Å². The van der Waals surface area contributed by atoms with Crippen molar-refractivity contribution in [2.75, 3.05) is 6.61 Å². The molecule has 72 valence electrons. The Labute approximate surface area is 74.7 Å². The van der Waals surface area contributed by atoms with Crippen LogP contribution in [0.25, 0.3) is 0 Å². The molecule has 1 aromatic rings. The van der Waals surface area contributed by atoms with Crippen molar-refractivity contribution in [2.24, 2.45) is 0 Å².